The third kappa shape index (κ3) is 8.81. The molecule has 0 radical (unpaired) electrons. The smallest absolute Gasteiger partial charge is 0.227 e. The number of likely N-dealkylation sites (N-methyl/N-ethyl adjacent to an activating group) is 1. The van der Waals surface area contributed by atoms with Gasteiger partial charge in [0.05, 0.1) is 35.4 Å². The summed E-state index contributed by atoms with van der Waals surface area (Å²) >= 11 is 6.82. The normalized spacial score (nSPS) is 18.3. The lowest BCUT2D eigenvalue weighted by Crippen LogP contribution is -2.49. The summed E-state index contributed by atoms with van der Waals surface area (Å²) in [5.74, 6) is 0.371. The van der Waals surface area contributed by atoms with E-state index in [-0.39, 0.29) is 36.4 Å². The second-order valence-corrected chi connectivity index (χ2v) is 15.7. The molecule has 5 rings (SSSR count). The Morgan fingerprint density at radius 3 is 2.37 bits per heavy atom. The zero-order valence-electron chi connectivity index (χ0n) is 31.4. The number of ether oxygens (including phenoxy) is 1. The molecule has 1 amide bonds. The Labute approximate surface area is 307 Å². The maximum atomic E-state index is 14.0. The van der Waals surface area contributed by atoms with Crippen LogP contribution in [0.25, 0.3) is 10.9 Å². The van der Waals surface area contributed by atoms with Crippen LogP contribution in [-0.4, -0.2) is 102 Å². The van der Waals surface area contributed by atoms with Crippen LogP contribution in [0.4, 0.5) is 17.2 Å². The van der Waals surface area contributed by atoms with Crippen LogP contribution in [0, 0.1) is 11.3 Å². The molecule has 0 spiro atoms. The Hall–Kier alpha value is -3.80. The highest BCUT2D eigenvalue weighted by Crippen LogP contribution is 2.36. The number of amides is 1. The first-order chi connectivity index (χ1) is 24.2. The molecule has 3 heterocycles. The molecule has 2 N–H and O–H groups in total. The van der Waals surface area contributed by atoms with Crippen LogP contribution in [0.1, 0.15) is 66.4 Å². The van der Waals surface area contributed by atoms with Crippen molar-refractivity contribution in [2.24, 2.45) is 11.3 Å². The molecule has 3 aromatic rings. The topological polar surface area (TPSA) is 120 Å². The van der Waals surface area contributed by atoms with Crippen molar-refractivity contribution in [3.8, 4) is 5.75 Å². The molecular formula is C39H54ClN7O4. The number of aromatic nitrogens is 2. The minimum Gasteiger partial charge on any atom is -0.496 e. The monoisotopic (exact) mass is 719 g/mol. The van der Waals surface area contributed by atoms with Crippen LogP contribution in [0.5, 0.6) is 5.75 Å². The van der Waals surface area contributed by atoms with Gasteiger partial charge in [-0.3, -0.25) is 19.3 Å². The zero-order chi connectivity index (χ0) is 37.0. The molecule has 51 heavy (non-hydrogen) atoms. The van der Waals surface area contributed by atoms with Crippen molar-refractivity contribution in [3.63, 3.8) is 0 Å². The lowest BCUT2D eigenvalue weighted by molar-refractivity contribution is -0.145. The number of carbonyl (C=O) groups excluding carboxylic acids is 3. The maximum absolute atomic E-state index is 14.0. The van der Waals surface area contributed by atoms with E-state index in [9.17, 15) is 14.4 Å². The fraction of sp³-hybridized carbons (Fsp3) is 0.564. The van der Waals surface area contributed by atoms with Gasteiger partial charge in [-0.1, -0.05) is 32.4 Å². The largest absolute Gasteiger partial charge is 0.496 e. The van der Waals surface area contributed by atoms with Crippen molar-refractivity contribution in [1.29, 1.82) is 0 Å². The number of methoxy groups -OCH3 is 1. The first kappa shape index (κ1) is 38.4. The summed E-state index contributed by atoms with van der Waals surface area (Å²) in [5.41, 5.74) is 2.70. The van der Waals surface area contributed by atoms with Gasteiger partial charge in [0.2, 0.25) is 5.91 Å². The van der Waals surface area contributed by atoms with Crippen molar-refractivity contribution in [2.75, 3.05) is 57.1 Å². The summed E-state index contributed by atoms with van der Waals surface area (Å²) in [6.45, 7) is 16.5. The molecule has 2 aromatic carbocycles. The van der Waals surface area contributed by atoms with Gasteiger partial charge in [0.25, 0.3) is 0 Å². The van der Waals surface area contributed by atoms with Crippen molar-refractivity contribution in [2.45, 2.75) is 85.4 Å². The number of halogens is 1. The van der Waals surface area contributed by atoms with Gasteiger partial charge in [0.15, 0.2) is 5.78 Å². The number of nitrogens with one attached hydrogen (secondary N) is 2. The quantitative estimate of drug-likeness (QED) is 0.221. The Morgan fingerprint density at radius 1 is 1.02 bits per heavy atom. The predicted octanol–water partition coefficient (Wildman–Crippen LogP) is 5.90. The molecule has 2 fully saturated rings. The Morgan fingerprint density at radius 2 is 1.75 bits per heavy atom. The number of nitrogens with zero attached hydrogens (tertiary/aromatic N) is 5. The number of hydrogen-bond acceptors (Lipinski definition) is 10. The van der Waals surface area contributed by atoms with Gasteiger partial charge in [-0.15, -0.1) is 0 Å². The van der Waals surface area contributed by atoms with Crippen molar-refractivity contribution < 1.29 is 19.1 Å². The summed E-state index contributed by atoms with van der Waals surface area (Å²) < 4.78 is 5.73. The van der Waals surface area contributed by atoms with E-state index >= 15 is 0 Å². The molecular weight excluding hydrogens is 666 g/mol. The number of anilines is 3. The second kappa shape index (κ2) is 16.3. The van der Waals surface area contributed by atoms with E-state index in [0.29, 0.717) is 46.7 Å². The number of likely N-dealkylation sites (tertiary alicyclic amines) is 1. The summed E-state index contributed by atoms with van der Waals surface area (Å²) in [4.78, 5) is 56.5. The van der Waals surface area contributed by atoms with Gasteiger partial charge >= 0.3 is 0 Å². The van der Waals surface area contributed by atoms with Crippen molar-refractivity contribution in [3.05, 3.63) is 47.2 Å². The van der Waals surface area contributed by atoms with E-state index in [0.717, 1.165) is 49.4 Å². The highest BCUT2D eigenvalue weighted by molar-refractivity contribution is 6.33. The third-order valence-corrected chi connectivity index (χ3v) is 10.9. The number of fused-ring (bicyclic) bond motifs is 1. The second-order valence-electron chi connectivity index (χ2n) is 15.2. The van der Waals surface area contributed by atoms with E-state index in [1.165, 1.54) is 6.33 Å². The fourth-order valence-electron chi connectivity index (χ4n) is 7.19. The van der Waals surface area contributed by atoms with Gasteiger partial charge in [-0.2, -0.15) is 0 Å². The maximum Gasteiger partial charge on any atom is 0.227 e. The fourth-order valence-corrected chi connectivity index (χ4v) is 7.49. The Bertz CT molecular complexity index is 1730. The first-order valence-electron chi connectivity index (χ1n) is 18.1. The van der Waals surface area contributed by atoms with Crippen LogP contribution < -0.4 is 20.3 Å². The van der Waals surface area contributed by atoms with Gasteiger partial charge in [-0.05, 0) is 70.3 Å². The van der Waals surface area contributed by atoms with Crippen molar-refractivity contribution in [1.82, 2.24) is 25.1 Å². The highest BCUT2D eigenvalue weighted by Gasteiger charge is 2.42. The molecule has 2 aliphatic rings. The Balaban J connectivity index is 1.35. The summed E-state index contributed by atoms with van der Waals surface area (Å²) in [6.07, 6.45) is 3.00. The molecule has 12 heteroatoms. The van der Waals surface area contributed by atoms with Crippen molar-refractivity contribution >= 4 is 57.2 Å². The van der Waals surface area contributed by atoms with Gasteiger partial charge in [0.1, 0.15) is 23.7 Å². The van der Waals surface area contributed by atoms with E-state index in [1.807, 2.05) is 51.1 Å². The lowest BCUT2D eigenvalue weighted by Gasteiger charge is -2.38. The van der Waals surface area contributed by atoms with Gasteiger partial charge in [0, 0.05) is 80.2 Å². The molecule has 0 unspecified atom stereocenters. The van der Waals surface area contributed by atoms with Crippen LogP contribution in [0.15, 0.2) is 36.7 Å². The van der Waals surface area contributed by atoms with E-state index < -0.39 is 17.4 Å². The Kier molecular flexibility index (Phi) is 12.2. The summed E-state index contributed by atoms with van der Waals surface area (Å²) in [6, 6.07) is 9.28. The molecule has 0 aliphatic carbocycles. The highest BCUT2D eigenvalue weighted by atomic mass is 35.5. The SMILES string of the molecule is CN[C@@H](C)C(=O)C[C@H](C(=O)N1CCC[C@H]1C(=O)Cc1cc2c(Nc3ccc(N4CCN(C(C)C)CC4)c(Cl)c3)ncnc2cc1OC)C(C)(C)C. The van der Waals surface area contributed by atoms with Crippen LogP contribution >= 0.6 is 11.6 Å². The molecule has 276 valence electrons. The van der Waals surface area contributed by atoms with E-state index in [1.54, 1.807) is 26.0 Å². The predicted molar refractivity (Wildman–Crippen MR) is 204 cm³/mol. The standard InChI is InChI=1S/C39H54ClN7O4/c1-24(2)45-14-16-46(17-15-45)32-12-11-27(20-30(32)40)44-37-28-18-26(36(51-8)22-31(28)42-23-43-37)19-35(49)33-10-9-13-47(33)38(50)29(39(4,5)6)21-34(48)25(3)41-7/h11-12,18,20,22-25,29,33,41H,9-10,13-17,19,21H2,1-8H3,(H,42,43,44)/t25-,29+,33-/m0/s1. The van der Waals surface area contributed by atoms with Crippen LogP contribution in [0.3, 0.4) is 0 Å². The number of hydrogen-bond donors (Lipinski definition) is 2. The molecule has 0 bridgehead atoms. The third-order valence-electron chi connectivity index (χ3n) is 10.6. The van der Waals surface area contributed by atoms with Gasteiger partial charge < -0.3 is 25.2 Å². The van der Waals surface area contributed by atoms with Gasteiger partial charge in [-0.25, -0.2) is 9.97 Å². The average molecular weight is 720 g/mol. The molecule has 2 saturated heterocycles. The average Bonchev–Trinajstić information content (AvgIpc) is 3.60. The number of ketones is 2. The first-order valence-corrected chi connectivity index (χ1v) is 18.5. The number of rotatable bonds is 13. The number of Topliss-reactive ketones (excluding diaryl/α,β-unsaturated/α-hetero) is 2. The molecule has 1 aromatic heterocycles. The van der Waals surface area contributed by atoms with E-state index in [4.69, 9.17) is 16.3 Å². The van der Waals surface area contributed by atoms with E-state index in [2.05, 4.69) is 44.2 Å². The molecule has 2 aliphatic heterocycles. The number of carbonyl (C=O) groups is 3. The summed E-state index contributed by atoms with van der Waals surface area (Å²) in [5, 5.41) is 7.79. The van der Waals surface area contributed by atoms with Crippen LogP contribution in [0.2, 0.25) is 5.02 Å². The molecule has 11 nitrogen and oxygen atoms in total. The minimum absolute atomic E-state index is 0.0150. The molecule has 3 atom stereocenters. The van der Waals surface area contributed by atoms with Crippen LogP contribution in [-0.2, 0) is 20.8 Å². The summed E-state index contributed by atoms with van der Waals surface area (Å²) in [7, 11) is 3.31. The number of benzene rings is 2. The zero-order valence-corrected chi connectivity index (χ0v) is 32.1. The lowest BCUT2D eigenvalue weighted by atomic mass is 9.76. The molecule has 0 saturated carbocycles. The minimum atomic E-state index is -0.571. The number of piperazine rings is 1.